The molecule has 1 heterocycles. The number of para-hydroxylation sites is 1. The Bertz CT molecular complexity index is 518. The molecule has 0 spiro atoms. The summed E-state index contributed by atoms with van der Waals surface area (Å²) in [7, 11) is 0. The Labute approximate surface area is 110 Å². The van der Waals surface area contributed by atoms with Gasteiger partial charge < -0.3 is 16.0 Å². The molecule has 1 aromatic rings. The minimum absolute atomic E-state index is 0.0416. The van der Waals surface area contributed by atoms with E-state index in [1.54, 1.807) is 4.90 Å². The van der Waals surface area contributed by atoms with Crippen LogP contribution in [-0.4, -0.2) is 41.4 Å². The lowest BCUT2D eigenvalue weighted by molar-refractivity contribution is -0.383. The van der Waals surface area contributed by atoms with Gasteiger partial charge in [-0.15, -0.1) is 0 Å². The fourth-order valence-electron chi connectivity index (χ4n) is 2.20. The van der Waals surface area contributed by atoms with Crippen LogP contribution in [0.4, 0.5) is 11.4 Å². The molecule has 1 fully saturated rings. The summed E-state index contributed by atoms with van der Waals surface area (Å²) in [5, 5.41) is 14.0. The van der Waals surface area contributed by atoms with E-state index in [9.17, 15) is 14.9 Å². The van der Waals surface area contributed by atoms with E-state index in [4.69, 9.17) is 5.73 Å². The number of nitrogen functional groups attached to an aromatic ring is 1. The van der Waals surface area contributed by atoms with E-state index in [0.29, 0.717) is 19.6 Å². The fourth-order valence-corrected chi connectivity index (χ4v) is 2.20. The Kier molecular flexibility index (Phi) is 3.66. The summed E-state index contributed by atoms with van der Waals surface area (Å²) >= 11 is 0. The lowest BCUT2D eigenvalue weighted by atomic mass is 10.1. The SMILES string of the molecule is CC1CNCCN1C(=O)c1cccc([N+](=O)[O-])c1N. The zero-order valence-corrected chi connectivity index (χ0v) is 10.6. The van der Waals surface area contributed by atoms with Crippen molar-refractivity contribution in [3.8, 4) is 0 Å². The zero-order chi connectivity index (χ0) is 14.0. The molecular formula is C12H16N4O3. The van der Waals surface area contributed by atoms with Gasteiger partial charge in [0.1, 0.15) is 5.69 Å². The summed E-state index contributed by atoms with van der Waals surface area (Å²) in [6, 6.07) is 4.35. The maximum atomic E-state index is 12.4. The molecule has 0 bridgehead atoms. The van der Waals surface area contributed by atoms with Gasteiger partial charge in [-0.05, 0) is 13.0 Å². The van der Waals surface area contributed by atoms with Gasteiger partial charge in [0.25, 0.3) is 11.6 Å². The maximum Gasteiger partial charge on any atom is 0.292 e. The number of nitrogens with zero attached hydrogens (tertiary/aromatic N) is 2. The molecule has 1 aliphatic rings. The van der Waals surface area contributed by atoms with E-state index >= 15 is 0 Å². The smallest absolute Gasteiger partial charge is 0.292 e. The van der Waals surface area contributed by atoms with Gasteiger partial charge in [0.15, 0.2) is 0 Å². The third-order valence-electron chi connectivity index (χ3n) is 3.27. The average Bonchev–Trinajstić information content (AvgIpc) is 2.38. The van der Waals surface area contributed by atoms with Gasteiger partial charge in [0.2, 0.25) is 0 Å². The van der Waals surface area contributed by atoms with Gasteiger partial charge in [0.05, 0.1) is 10.5 Å². The van der Waals surface area contributed by atoms with Crippen LogP contribution in [0.2, 0.25) is 0 Å². The Balaban J connectivity index is 2.33. The number of nitro groups is 1. The molecule has 102 valence electrons. The summed E-state index contributed by atoms with van der Waals surface area (Å²) in [5.74, 6) is -0.254. The van der Waals surface area contributed by atoms with Crippen molar-refractivity contribution in [3.63, 3.8) is 0 Å². The third kappa shape index (κ3) is 2.50. The molecule has 1 atom stereocenters. The van der Waals surface area contributed by atoms with Gasteiger partial charge in [-0.2, -0.15) is 0 Å². The highest BCUT2D eigenvalue weighted by Crippen LogP contribution is 2.26. The number of carbonyl (C=O) groups excluding carboxylic acids is 1. The van der Waals surface area contributed by atoms with Crippen molar-refractivity contribution in [1.82, 2.24) is 10.2 Å². The quantitative estimate of drug-likeness (QED) is 0.463. The fraction of sp³-hybridized carbons (Fsp3) is 0.417. The topological polar surface area (TPSA) is 102 Å². The second-order valence-corrected chi connectivity index (χ2v) is 4.55. The Morgan fingerprint density at radius 2 is 2.32 bits per heavy atom. The largest absolute Gasteiger partial charge is 0.393 e. The van der Waals surface area contributed by atoms with Crippen LogP contribution in [-0.2, 0) is 0 Å². The number of nitrogens with one attached hydrogen (secondary N) is 1. The highest BCUT2D eigenvalue weighted by molar-refractivity contribution is 6.01. The summed E-state index contributed by atoms with van der Waals surface area (Å²) in [5.41, 5.74) is 5.64. The minimum Gasteiger partial charge on any atom is -0.393 e. The molecule has 1 amide bonds. The third-order valence-corrected chi connectivity index (χ3v) is 3.27. The van der Waals surface area contributed by atoms with E-state index in [2.05, 4.69) is 5.32 Å². The summed E-state index contributed by atoms with van der Waals surface area (Å²) in [6.45, 7) is 3.92. The first-order chi connectivity index (χ1) is 9.02. The van der Waals surface area contributed by atoms with Crippen LogP contribution < -0.4 is 11.1 Å². The first-order valence-electron chi connectivity index (χ1n) is 6.07. The average molecular weight is 264 g/mol. The molecule has 1 aromatic carbocycles. The number of piperazine rings is 1. The monoisotopic (exact) mass is 264 g/mol. The molecule has 3 N–H and O–H groups in total. The van der Waals surface area contributed by atoms with Crippen molar-refractivity contribution < 1.29 is 9.72 Å². The molecule has 0 saturated carbocycles. The number of amides is 1. The first kappa shape index (κ1) is 13.3. The van der Waals surface area contributed by atoms with Gasteiger partial charge in [-0.3, -0.25) is 14.9 Å². The van der Waals surface area contributed by atoms with Crippen LogP contribution in [0.3, 0.4) is 0 Å². The maximum absolute atomic E-state index is 12.4. The molecule has 7 heteroatoms. The Morgan fingerprint density at radius 1 is 1.58 bits per heavy atom. The molecule has 7 nitrogen and oxygen atoms in total. The second kappa shape index (κ2) is 5.23. The summed E-state index contributed by atoms with van der Waals surface area (Å²) < 4.78 is 0. The van der Waals surface area contributed by atoms with Crippen LogP contribution in [0.1, 0.15) is 17.3 Å². The number of hydrogen-bond acceptors (Lipinski definition) is 5. The molecule has 1 saturated heterocycles. The molecule has 2 rings (SSSR count). The Hall–Kier alpha value is -2.15. The van der Waals surface area contributed by atoms with Crippen LogP contribution in [0.5, 0.6) is 0 Å². The van der Waals surface area contributed by atoms with Gasteiger partial charge in [0, 0.05) is 31.7 Å². The van der Waals surface area contributed by atoms with E-state index in [1.165, 1.54) is 18.2 Å². The van der Waals surface area contributed by atoms with Gasteiger partial charge >= 0.3 is 0 Å². The van der Waals surface area contributed by atoms with Crippen molar-refractivity contribution >= 4 is 17.3 Å². The van der Waals surface area contributed by atoms with E-state index in [-0.39, 0.29) is 28.9 Å². The summed E-state index contributed by atoms with van der Waals surface area (Å²) in [4.78, 5) is 24.3. The van der Waals surface area contributed by atoms with Crippen molar-refractivity contribution in [2.24, 2.45) is 0 Å². The molecule has 0 aromatic heterocycles. The standard InChI is InChI=1S/C12H16N4O3/c1-8-7-14-5-6-15(8)12(17)9-3-2-4-10(11(9)13)16(18)19/h2-4,8,14H,5-7,13H2,1H3. The minimum atomic E-state index is -0.576. The first-order valence-corrected chi connectivity index (χ1v) is 6.07. The second-order valence-electron chi connectivity index (χ2n) is 4.55. The molecule has 19 heavy (non-hydrogen) atoms. The van der Waals surface area contributed by atoms with Crippen LogP contribution in [0, 0.1) is 10.1 Å². The van der Waals surface area contributed by atoms with E-state index in [0.717, 1.165) is 0 Å². The van der Waals surface area contributed by atoms with Gasteiger partial charge in [-0.25, -0.2) is 0 Å². The van der Waals surface area contributed by atoms with Crippen LogP contribution >= 0.6 is 0 Å². The number of carbonyl (C=O) groups is 1. The van der Waals surface area contributed by atoms with Crippen LogP contribution in [0.15, 0.2) is 18.2 Å². The van der Waals surface area contributed by atoms with Crippen molar-refractivity contribution in [2.75, 3.05) is 25.4 Å². The van der Waals surface area contributed by atoms with Gasteiger partial charge in [-0.1, -0.05) is 6.07 Å². The van der Waals surface area contributed by atoms with E-state index in [1.807, 2.05) is 6.92 Å². The zero-order valence-electron chi connectivity index (χ0n) is 10.6. The number of anilines is 1. The van der Waals surface area contributed by atoms with Crippen molar-refractivity contribution in [2.45, 2.75) is 13.0 Å². The number of hydrogen-bond donors (Lipinski definition) is 2. The number of nitro benzene ring substituents is 1. The Morgan fingerprint density at radius 3 is 2.95 bits per heavy atom. The highest BCUT2D eigenvalue weighted by Gasteiger charge is 2.27. The molecular weight excluding hydrogens is 248 g/mol. The number of benzene rings is 1. The van der Waals surface area contributed by atoms with E-state index < -0.39 is 4.92 Å². The molecule has 1 unspecified atom stereocenters. The predicted molar refractivity (Wildman–Crippen MR) is 70.9 cm³/mol. The highest BCUT2D eigenvalue weighted by atomic mass is 16.6. The number of rotatable bonds is 2. The van der Waals surface area contributed by atoms with Crippen LogP contribution in [0.25, 0.3) is 0 Å². The molecule has 0 aliphatic carbocycles. The number of nitrogens with two attached hydrogens (primary N) is 1. The lowest BCUT2D eigenvalue weighted by Gasteiger charge is -2.34. The summed E-state index contributed by atoms with van der Waals surface area (Å²) in [6.07, 6.45) is 0. The predicted octanol–water partition coefficient (Wildman–Crippen LogP) is 0.611. The normalized spacial score (nSPS) is 19.2. The van der Waals surface area contributed by atoms with Crippen molar-refractivity contribution in [3.05, 3.63) is 33.9 Å². The molecule has 0 radical (unpaired) electrons. The van der Waals surface area contributed by atoms with Crippen molar-refractivity contribution in [1.29, 1.82) is 0 Å². The lowest BCUT2D eigenvalue weighted by Crippen LogP contribution is -2.52. The molecule has 1 aliphatic heterocycles.